The van der Waals surface area contributed by atoms with Gasteiger partial charge in [0.05, 0.1) is 24.8 Å². The molecule has 2 N–H and O–H groups in total. The standard InChI is InChI=1S/C28H41O8PSi/c1-21(24(25(29)30)36-38(6,7)27(2,3)4)28(5,26(31)32)20-37(33,34-18-22-14-10-8-11-15-22)35-19-23-16-12-9-13-17-23/h8-17,21,24H,18-20H2,1-7H3,(H,29,30)(H,31,32)/t21?,24-,28+/m0/s1. The highest BCUT2D eigenvalue weighted by Crippen LogP contribution is 2.56. The van der Waals surface area contributed by atoms with Crippen LogP contribution in [0.5, 0.6) is 0 Å². The summed E-state index contributed by atoms with van der Waals surface area (Å²) in [6, 6.07) is 18.1. The van der Waals surface area contributed by atoms with E-state index in [0.717, 1.165) is 11.1 Å². The molecule has 1 unspecified atom stereocenters. The maximum absolute atomic E-state index is 14.1. The van der Waals surface area contributed by atoms with Gasteiger partial charge in [-0.1, -0.05) is 88.4 Å². The highest BCUT2D eigenvalue weighted by molar-refractivity contribution is 7.53. The molecule has 0 saturated heterocycles. The van der Waals surface area contributed by atoms with Crippen LogP contribution in [0.25, 0.3) is 0 Å². The van der Waals surface area contributed by atoms with E-state index in [9.17, 15) is 24.4 Å². The SMILES string of the molecule is CC([C@H](O[Si](C)(C)C(C)(C)C)C(=O)O)[C@@](C)(CP(=O)(OCc1ccccc1)OCc1ccccc1)C(=O)O. The number of benzene rings is 2. The van der Waals surface area contributed by atoms with Crippen molar-refractivity contribution in [3.63, 3.8) is 0 Å². The second-order valence-electron chi connectivity index (χ2n) is 11.4. The van der Waals surface area contributed by atoms with Crippen LogP contribution in [0.2, 0.25) is 18.1 Å². The van der Waals surface area contributed by atoms with Gasteiger partial charge in [-0.05, 0) is 36.2 Å². The van der Waals surface area contributed by atoms with Gasteiger partial charge < -0.3 is 23.7 Å². The first kappa shape index (κ1) is 31.9. The number of rotatable bonds is 14. The van der Waals surface area contributed by atoms with Crippen LogP contribution in [0, 0.1) is 11.3 Å². The summed E-state index contributed by atoms with van der Waals surface area (Å²) in [5, 5.41) is 20.2. The van der Waals surface area contributed by atoms with Crippen molar-refractivity contribution in [3.8, 4) is 0 Å². The van der Waals surface area contributed by atoms with Crippen molar-refractivity contribution < 1.29 is 37.8 Å². The molecule has 0 aliphatic heterocycles. The molecule has 0 aliphatic carbocycles. The lowest BCUT2D eigenvalue weighted by atomic mass is 9.76. The average molecular weight is 565 g/mol. The smallest absolute Gasteiger partial charge is 0.332 e. The van der Waals surface area contributed by atoms with Gasteiger partial charge in [0.15, 0.2) is 8.32 Å². The maximum Gasteiger partial charge on any atom is 0.332 e. The second-order valence-corrected chi connectivity index (χ2v) is 18.2. The topological polar surface area (TPSA) is 119 Å². The minimum Gasteiger partial charge on any atom is -0.481 e. The lowest BCUT2D eigenvalue weighted by molar-refractivity contribution is -0.159. The van der Waals surface area contributed by atoms with E-state index in [4.69, 9.17) is 13.5 Å². The molecule has 0 aliphatic rings. The van der Waals surface area contributed by atoms with E-state index < -0.39 is 51.5 Å². The van der Waals surface area contributed by atoms with E-state index in [2.05, 4.69) is 0 Å². The molecule has 0 amide bonds. The van der Waals surface area contributed by atoms with Crippen LogP contribution >= 0.6 is 7.60 Å². The zero-order valence-electron chi connectivity index (χ0n) is 23.3. The third kappa shape index (κ3) is 8.35. The third-order valence-electron chi connectivity index (χ3n) is 7.48. The molecule has 2 aromatic rings. The molecule has 10 heteroatoms. The molecular formula is C28H41O8PSi. The average Bonchev–Trinajstić information content (AvgIpc) is 2.85. The Morgan fingerprint density at radius 2 is 1.29 bits per heavy atom. The van der Waals surface area contributed by atoms with Crippen LogP contribution in [0.1, 0.15) is 45.7 Å². The first-order chi connectivity index (χ1) is 17.5. The van der Waals surface area contributed by atoms with Crippen LogP contribution in [-0.4, -0.2) is 42.7 Å². The minimum absolute atomic E-state index is 0.0557. The highest BCUT2D eigenvalue weighted by atomic mass is 31.2. The molecule has 8 nitrogen and oxygen atoms in total. The fourth-order valence-electron chi connectivity index (χ4n) is 3.63. The third-order valence-corrected chi connectivity index (χ3v) is 14.0. The van der Waals surface area contributed by atoms with Gasteiger partial charge in [-0.25, -0.2) is 4.79 Å². The second kappa shape index (κ2) is 12.7. The van der Waals surface area contributed by atoms with Gasteiger partial charge in [-0.15, -0.1) is 0 Å². The Morgan fingerprint density at radius 1 is 0.868 bits per heavy atom. The van der Waals surface area contributed by atoms with E-state index >= 15 is 0 Å². The van der Waals surface area contributed by atoms with Crippen molar-refractivity contribution in [2.45, 2.75) is 72.1 Å². The summed E-state index contributed by atoms with van der Waals surface area (Å²) in [6.45, 7) is 12.5. The molecule has 0 spiro atoms. The molecule has 0 saturated carbocycles. The van der Waals surface area contributed by atoms with E-state index in [1.54, 1.807) is 24.3 Å². The molecule has 3 atom stereocenters. The first-order valence-corrected chi connectivity index (χ1v) is 17.2. The lowest BCUT2D eigenvalue weighted by Gasteiger charge is -2.43. The first-order valence-electron chi connectivity index (χ1n) is 12.6. The summed E-state index contributed by atoms with van der Waals surface area (Å²) in [5.41, 5.74) is -0.314. The maximum atomic E-state index is 14.1. The van der Waals surface area contributed by atoms with Gasteiger partial charge in [0.25, 0.3) is 0 Å². The molecule has 38 heavy (non-hydrogen) atoms. The van der Waals surface area contributed by atoms with Gasteiger partial charge in [0.2, 0.25) is 0 Å². The van der Waals surface area contributed by atoms with Gasteiger partial charge >= 0.3 is 19.5 Å². The van der Waals surface area contributed by atoms with Gasteiger partial charge in [0.1, 0.15) is 6.10 Å². The Bertz CT molecular complexity index is 1070. The Kier molecular flexibility index (Phi) is 10.7. The predicted octanol–water partition coefficient (Wildman–Crippen LogP) is 6.82. The largest absolute Gasteiger partial charge is 0.481 e. The fraction of sp³-hybridized carbons (Fsp3) is 0.500. The van der Waals surface area contributed by atoms with Crippen LogP contribution in [0.15, 0.2) is 60.7 Å². The quantitative estimate of drug-likeness (QED) is 0.190. The van der Waals surface area contributed by atoms with Gasteiger partial charge in [-0.3, -0.25) is 9.36 Å². The minimum atomic E-state index is -4.05. The molecule has 210 valence electrons. The van der Waals surface area contributed by atoms with Crippen LogP contribution in [0.4, 0.5) is 0 Å². The number of hydrogen-bond acceptors (Lipinski definition) is 6. The van der Waals surface area contributed by atoms with E-state index in [1.807, 2.05) is 70.3 Å². The molecule has 0 radical (unpaired) electrons. The normalized spacial score (nSPS) is 15.9. The molecule has 0 bridgehead atoms. The molecular weight excluding hydrogens is 523 g/mol. The van der Waals surface area contributed by atoms with Crippen LogP contribution in [-0.2, 0) is 40.8 Å². The molecule has 2 rings (SSSR count). The van der Waals surface area contributed by atoms with Crippen molar-refractivity contribution in [3.05, 3.63) is 71.8 Å². The Hall–Kier alpha value is -2.29. The lowest BCUT2D eigenvalue weighted by Crippen LogP contribution is -2.53. The van der Waals surface area contributed by atoms with E-state index in [1.165, 1.54) is 13.8 Å². The summed E-state index contributed by atoms with van der Waals surface area (Å²) < 4.78 is 32.0. The van der Waals surface area contributed by atoms with E-state index in [-0.39, 0.29) is 18.3 Å². The highest BCUT2D eigenvalue weighted by Gasteiger charge is 2.53. The summed E-state index contributed by atoms with van der Waals surface area (Å²) in [5.74, 6) is -3.62. The summed E-state index contributed by atoms with van der Waals surface area (Å²) in [6.07, 6.45) is -1.95. The Balaban J connectivity index is 2.42. The van der Waals surface area contributed by atoms with Crippen molar-refractivity contribution in [2.75, 3.05) is 6.16 Å². The monoisotopic (exact) mass is 564 g/mol. The predicted molar refractivity (Wildman–Crippen MR) is 150 cm³/mol. The molecule has 0 fully saturated rings. The number of carboxylic acids is 2. The van der Waals surface area contributed by atoms with Crippen molar-refractivity contribution in [2.24, 2.45) is 11.3 Å². The molecule has 2 aromatic carbocycles. The van der Waals surface area contributed by atoms with Crippen molar-refractivity contribution in [1.29, 1.82) is 0 Å². The number of carboxylic acid groups (broad SMARTS) is 2. The van der Waals surface area contributed by atoms with Gasteiger partial charge in [-0.2, -0.15) is 0 Å². The summed E-state index contributed by atoms with van der Waals surface area (Å²) in [4.78, 5) is 25.1. The zero-order valence-corrected chi connectivity index (χ0v) is 25.2. The van der Waals surface area contributed by atoms with E-state index in [0.29, 0.717) is 0 Å². The summed E-state index contributed by atoms with van der Waals surface area (Å²) >= 11 is 0. The van der Waals surface area contributed by atoms with Gasteiger partial charge in [0, 0.05) is 5.92 Å². The fourth-order valence-corrected chi connectivity index (χ4v) is 7.10. The number of hydrogen-bond donors (Lipinski definition) is 2. The summed E-state index contributed by atoms with van der Waals surface area (Å²) in [7, 11) is -6.64. The van der Waals surface area contributed by atoms with Crippen LogP contribution in [0.3, 0.4) is 0 Å². The van der Waals surface area contributed by atoms with Crippen LogP contribution < -0.4 is 0 Å². The van der Waals surface area contributed by atoms with Crippen molar-refractivity contribution in [1.82, 2.24) is 0 Å². The molecule has 0 heterocycles. The Morgan fingerprint density at radius 3 is 1.63 bits per heavy atom. The van der Waals surface area contributed by atoms with Crippen molar-refractivity contribution >= 4 is 27.9 Å². The molecule has 0 aromatic heterocycles. The number of aliphatic carboxylic acids is 2. The number of carbonyl (C=O) groups is 2. The Labute approximate surface area is 227 Å². The zero-order chi connectivity index (χ0) is 28.8.